The normalized spacial score (nSPS) is 14.8. The quantitative estimate of drug-likeness (QED) is 0.180. The van der Waals surface area contributed by atoms with Crippen molar-refractivity contribution in [1.29, 1.82) is 0 Å². The molecule has 1 aliphatic rings. The van der Waals surface area contributed by atoms with Crippen molar-refractivity contribution in [2.75, 3.05) is 7.05 Å². The van der Waals surface area contributed by atoms with Crippen molar-refractivity contribution in [3.05, 3.63) is 194 Å². The number of hydrogen-bond donors (Lipinski definition) is 0. The summed E-state index contributed by atoms with van der Waals surface area (Å²) in [5.41, 5.74) is 11.7. The zero-order valence-corrected chi connectivity index (χ0v) is 31.7. The lowest BCUT2D eigenvalue weighted by Gasteiger charge is -2.33. The zero-order chi connectivity index (χ0) is 38.1. The standard InChI is InChI=1S/C53H35N5/c1-55-44(24-12-26-52(55)57-46-21-7-2-13-35(46)36-14-3-8-22-47(36)57)34-28-30-49-42(31-34)38-16-5-6-20-45(38)56(49)51-25-11-19-43(54-51)33-27-29-39-41-18-10-17-40-37-15-4-9-23-48(37)58(53(40)41)50(39)32-33/h2-32,44H,1H3. The van der Waals surface area contributed by atoms with Gasteiger partial charge in [0.05, 0.1) is 50.4 Å². The second kappa shape index (κ2) is 11.7. The molecule has 1 aliphatic heterocycles. The molecule has 0 radical (unpaired) electrons. The Morgan fingerprint density at radius 3 is 1.74 bits per heavy atom. The van der Waals surface area contributed by atoms with Crippen molar-refractivity contribution < 1.29 is 0 Å². The van der Waals surface area contributed by atoms with Gasteiger partial charge in [-0.25, -0.2) is 4.98 Å². The SMILES string of the molecule is CN1C(n2c3ccccc3c3ccccc32)=CC=CC1c1ccc2c(c1)c1ccccc1n2-c1cccc(-c2ccc3c4cccc5c6ccccc6n(c3c2)c54)n1. The van der Waals surface area contributed by atoms with Crippen molar-refractivity contribution in [2.24, 2.45) is 0 Å². The van der Waals surface area contributed by atoms with Gasteiger partial charge in [0, 0.05) is 55.7 Å². The molecule has 5 heteroatoms. The number of allylic oxidation sites excluding steroid dienone is 2. The molecule has 5 nitrogen and oxygen atoms in total. The van der Waals surface area contributed by atoms with Gasteiger partial charge in [0.25, 0.3) is 0 Å². The minimum atomic E-state index is 0.0532. The minimum absolute atomic E-state index is 0.0532. The van der Waals surface area contributed by atoms with E-state index in [0.717, 1.165) is 33.9 Å². The summed E-state index contributed by atoms with van der Waals surface area (Å²) in [7, 11) is 2.21. The first-order valence-corrected chi connectivity index (χ1v) is 20.0. The van der Waals surface area contributed by atoms with Crippen LogP contribution >= 0.6 is 0 Å². The van der Waals surface area contributed by atoms with Gasteiger partial charge in [-0.2, -0.15) is 0 Å². The van der Waals surface area contributed by atoms with E-state index < -0.39 is 0 Å². The molecule has 12 aromatic rings. The number of benzene rings is 7. The van der Waals surface area contributed by atoms with Gasteiger partial charge in [0.2, 0.25) is 0 Å². The summed E-state index contributed by atoms with van der Waals surface area (Å²) in [4.78, 5) is 7.80. The summed E-state index contributed by atoms with van der Waals surface area (Å²) in [6.45, 7) is 0. The highest BCUT2D eigenvalue weighted by molar-refractivity contribution is 6.23. The Morgan fingerprint density at radius 1 is 0.448 bits per heavy atom. The lowest BCUT2D eigenvalue weighted by atomic mass is 10.0. The van der Waals surface area contributed by atoms with Crippen LogP contribution in [-0.2, 0) is 0 Å². The van der Waals surface area contributed by atoms with E-state index in [9.17, 15) is 0 Å². The molecule has 0 N–H and O–H groups in total. The fourth-order valence-corrected chi connectivity index (χ4v) is 10.1. The molecule has 5 aromatic heterocycles. The molecule has 1 unspecified atom stereocenters. The summed E-state index contributed by atoms with van der Waals surface area (Å²) in [5.74, 6) is 2.05. The lowest BCUT2D eigenvalue weighted by molar-refractivity contribution is 0.396. The molecule has 1 atom stereocenters. The molecule has 0 spiro atoms. The molecule has 0 bridgehead atoms. The monoisotopic (exact) mass is 741 g/mol. The summed E-state index contributed by atoms with van der Waals surface area (Å²) < 4.78 is 7.17. The second-order valence-electron chi connectivity index (χ2n) is 15.6. The Morgan fingerprint density at radius 2 is 1.02 bits per heavy atom. The van der Waals surface area contributed by atoms with Gasteiger partial charge in [-0.3, -0.25) is 9.13 Å². The maximum Gasteiger partial charge on any atom is 0.138 e. The van der Waals surface area contributed by atoms with Crippen LogP contribution in [0.5, 0.6) is 0 Å². The van der Waals surface area contributed by atoms with Crippen LogP contribution in [0.1, 0.15) is 11.6 Å². The number of aromatic nitrogens is 4. The molecule has 0 saturated carbocycles. The van der Waals surface area contributed by atoms with Crippen molar-refractivity contribution in [3.8, 4) is 17.1 Å². The summed E-state index contributed by atoms with van der Waals surface area (Å²) in [6.07, 6.45) is 6.75. The van der Waals surface area contributed by atoms with E-state index in [1.54, 1.807) is 0 Å². The summed E-state index contributed by atoms with van der Waals surface area (Å²) >= 11 is 0. The van der Waals surface area contributed by atoms with Crippen LogP contribution in [0.25, 0.3) is 105 Å². The first-order chi connectivity index (χ1) is 28.7. The third-order valence-corrected chi connectivity index (χ3v) is 12.6. The number of para-hydroxylation sites is 5. The van der Waals surface area contributed by atoms with E-state index in [1.807, 2.05) is 0 Å². The van der Waals surface area contributed by atoms with Crippen molar-refractivity contribution in [1.82, 2.24) is 23.4 Å². The van der Waals surface area contributed by atoms with Gasteiger partial charge in [-0.05, 0) is 66.2 Å². The molecule has 7 aromatic carbocycles. The number of fused-ring (bicyclic) bond motifs is 12. The largest absolute Gasteiger partial charge is 0.350 e. The smallest absolute Gasteiger partial charge is 0.138 e. The molecule has 0 amide bonds. The zero-order valence-electron chi connectivity index (χ0n) is 31.7. The Hall–Kier alpha value is -7.63. The number of pyridine rings is 1. The van der Waals surface area contributed by atoms with Crippen LogP contribution in [-0.4, -0.2) is 30.5 Å². The molecule has 0 saturated heterocycles. The number of nitrogens with zero attached hydrogens (tertiary/aromatic N) is 5. The Kier molecular flexibility index (Phi) is 6.37. The third-order valence-electron chi connectivity index (χ3n) is 12.6. The highest BCUT2D eigenvalue weighted by Crippen LogP contribution is 2.42. The van der Waals surface area contributed by atoms with Crippen LogP contribution in [0.3, 0.4) is 0 Å². The summed E-state index contributed by atoms with van der Waals surface area (Å²) in [6, 6.07) is 61.8. The highest BCUT2D eigenvalue weighted by atomic mass is 15.3. The topological polar surface area (TPSA) is 30.4 Å². The first kappa shape index (κ1) is 31.6. The van der Waals surface area contributed by atoms with Gasteiger partial charge in [0.1, 0.15) is 11.6 Å². The van der Waals surface area contributed by atoms with Crippen LogP contribution in [0, 0.1) is 0 Å². The van der Waals surface area contributed by atoms with Crippen molar-refractivity contribution in [2.45, 2.75) is 6.04 Å². The average molecular weight is 742 g/mol. The fourth-order valence-electron chi connectivity index (χ4n) is 10.1. The molecular weight excluding hydrogens is 707 g/mol. The third kappa shape index (κ3) is 4.22. The van der Waals surface area contributed by atoms with E-state index >= 15 is 0 Å². The van der Waals surface area contributed by atoms with E-state index in [4.69, 9.17) is 4.98 Å². The number of hydrogen-bond acceptors (Lipinski definition) is 2. The first-order valence-electron chi connectivity index (χ1n) is 20.0. The Balaban J connectivity index is 0.924. The lowest BCUT2D eigenvalue weighted by Crippen LogP contribution is -2.26. The van der Waals surface area contributed by atoms with Gasteiger partial charge in [-0.1, -0.05) is 127 Å². The highest BCUT2D eigenvalue weighted by Gasteiger charge is 2.25. The van der Waals surface area contributed by atoms with Gasteiger partial charge in [-0.15, -0.1) is 0 Å². The van der Waals surface area contributed by atoms with E-state index in [0.29, 0.717) is 0 Å². The molecule has 0 aliphatic carbocycles. The molecule has 13 rings (SSSR count). The number of likely N-dealkylation sites (N-methyl/N-ethyl adjacent to an activating group) is 1. The molecular formula is C53H35N5. The second-order valence-corrected chi connectivity index (χ2v) is 15.6. The van der Waals surface area contributed by atoms with Gasteiger partial charge >= 0.3 is 0 Å². The van der Waals surface area contributed by atoms with E-state index in [-0.39, 0.29) is 6.04 Å². The Labute approximate surface area is 333 Å². The van der Waals surface area contributed by atoms with Gasteiger partial charge < -0.3 is 9.30 Å². The molecule has 58 heavy (non-hydrogen) atoms. The number of rotatable bonds is 4. The van der Waals surface area contributed by atoms with Crippen LogP contribution in [0.2, 0.25) is 0 Å². The van der Waals surface area contributed by atoms with Crippen LogP contribution in [0.15, 0.2) is 188 Å². The molecule has 6 heterocycles. The van der Waals surface area contributed by atoms with Crippen molar-refractivity contribution in [3.63, 3.8) is 0 Å². The van der Waals surface area contributed by atoms with Crippen molar-refractivity contribution >= 4 is 87.5 Å². The fraction of sp³-hybridized carbons (Fsp3) is 0.0377. The Bertz CT molecular complexity index is 3670. The van der Waals surface area contributed by atoms with Crippen LogP contribution in [0.4, 0.5) is 0 Å². The van der Waals surface area contributed by atoms with E-state index in [2.05, 4.69) is 214 Å². The average Bonchev–Trinajstić information content (AvgIpc) is 4.01. The minimum Gasteiger partial charge on any atom is -0.350 e. The molecule has 272 valence electrons. The van der Waals surface area contributed by atoms with Crippen LogP contribution < -0.4 is 0 Å². The van der Waals surface area contributed by atoms with E-state index in [1.165, 1.54) is 76.2 Å². The molecule has 0 fully saturated rings. The maximum atomic E-state index is 5.40. The predicted octanol–water partition coefficient (Wildman–Crippen LogP) is 13.1. The predicted molar refractivity (Wildman–Crippen MR) is 242 cm³/mol. The summed E-state index contributed by atoms with van der Waals surface area (Å²) in [5, 5.41) is 10.1. The van der Waals surface area contributed by atoms with Gasteiger partial charge in [0.15, 0.2) is 0 Å². The maximum absolute atomic E-state index is 5.40.